The van der Waals surface area contributed by atoms with Crippen LogP contribution in [-0.2, 0) is 9.59 Å². The highest BCUT2D eigenvalue weighted by Gasteiger charge is 2.14. The molecule has 0 bridgehead atoms. The van der Waals surface area contributed by atoms with Crippen molar-refractivity contribution in [2.45, 2.75) is 0 Å². The number of nitro groups is 1. The van der Waals surface area contributed by atoms with E-state index in [1.54, 1.807) is 24.3 Å². The molecule has 0 fully saturated rings. The van der Waals surface area contributed by atoms with Crippen molar-refractivity contribution in [3.63, 3.8) is 0 Å². The molecule has 142 valence electrons. The maximum absolute atomic E-state index is 12.4. The summed E-state index contributed by atoms with van der Waals surface area (Å²) in [5.41, 5.74) is 5.12. The van der Waals surface area contributed by atoms with E-state index >= 15 is 0 Å². The Morgan fingerprint density at radius 1 is 1.32 bits per heavy atom. The van der Waals surface area contributed by atoms with Crippen LogP contribution in [0.15, 0.2) is 52.5 Å². The molecule has 0 saturated heterocycles. The van der Waals surface area contributed by atoms with E-state index in [0.717, 1.165) is 0 Å². The van der Waals surface area contributed by atoms with E-state index in [-0.39, 0.29) is 29.3 Å². The van der Waals surface area contributed by atoms with E-state index in [1.807, 2.05) is 0 Å². The lowest BCUT2D eigenvalue weighted by molar-refractivity contribution is -0.384. The van der Waals surface area contributed by atoms with Crippen LogP contribution in [0.5, 0.6) is 5.75 Å². The van der Waals surface area contributed by atoms with E-state index in [0.29, 0.717) is 10.0 Å². The van der Waals surface area contributed by atoms with Gasteiger partial charge in [-0.05, 0) is 30.3 Å². The topological polar surface area (TPSA) is 148 Å². The predicted molar refractivity (Wildman–Crippen MR) is 104 cm³/mol. The molecule has 2 aromatic carbocycles. The van der Waals surface area contributed by atoms with Crippen molar-refractivity contribution >= 4 is 45.2 Å². The van der Waals surface area contributed by atoms with E-state index in [9.17, 15) is 25.0 Å². The minimum absolute atomic E-state index is 0.166. The molecule has 28 heavy (non-hydrogen) atoms. The number of rotatable bonds is 7. The number of hydrogen-bond acceptors (Lipinski definition) is 6. The molecular formula is C18H13BrN4O5. The minimum atomic E-state index is -0.760. The van der Waals surface area contributed by atoms with Gasteiger partial charge in [-0.15, -0.1) is 0 Å². The SMILES string of the molecule is N#C/C(=C\c1cc(Br)ccc1OCC(N)=O)C(=O)Nc1cccc([N+](=O)[O-])c1. The molecule has 10 heteroatoms. The van der Waals surface area contributed by atoms with Crippen LogP contribution in [0.4, 0.5) is 11.4 Å². The van der Waals surface area contributed by atoms with Gasteiger partial charge < -0.3 is 15.8 Å². The zero-order chi connectivity index (χ0) is 20.7. The fourth-order valence-electron chi connectivity index (χ4n) is 2.11. The Kier molecular flexibility index (Phi) is 6.84. The van der Waals surface area contributed by atoms with Crippen LogP contribution in [0.2, 0.25) is 0 Å². The van der Waals surface area contributed by atoms with Gasteiger partial charge >= 0.3 is 0 Å². The fourth-order valence-corrected chi connectivity index (χ4v) is 2.49. The summed E-state index contributed by atoms with van der Waals surface area (Å²) in [5.74, 6) is -1.19. The van der Waals surface area contributed by atoms with Gasteiger partial charge in [0, 0.05) is 27.9 Å². The average molecular weight is 445 g/mol. The van der Waals surface area contributed by atoms with Crippen molar-refractivity contribution < 1.29 is 19.2 Å². The van der Waals surface area contributed by atoms with Gasteiger partial charge in [-0.3, -0.25) is 19.7 Å². The van der Waals surface area contributed by atoms with Crippen LogP contribution < -0.4 is 15.8 Å². The first-order valence-corrected chi connectivity index (χ1v) is 8.47. The Morgan fingerprint density at radius 2 is 2.07 bits per heavy atom. The molecule has 2 aromatic rings. The molecule has 2 amide bonds. The maximum atomic E-state index is 12.4. The summed E-state index contributed by atoms with van der Waals surface area (Å²) in [7, 11) is 0. The molecule has 2 rings (SSSR count). The first-order chi connectivity index (χ1) is 13.3. The number of amides is 2. The standard InChI is InChI=1S/C18H13BrN4O5/c19-13-4-5-16(28-10-17(21)24)11(7-13)6-12(9-20)18(25)22-14-2-1-3-15(8-14)23(26)27/h1-8H,10H2,(H2,21,24)(H,22,25)/b12-6+. The first-order valence-electron chi connectivity index (χ1n) is 7.68. The molecule has 0 atom stereocenters. The lowest BCUT2D eigenvalue weighted by atomic mass is 10.1. The van der Waals surface area contributed by atoms with E-state index in [1.165, 1.54) is 30.3 Å². The molecule has 0 aromatic heterocycles. The Morgan fingerprint density at radius 3 is 2.71 bits per heavy atom. The summed E-state index contributed by atoms with van der Waals surface area (Å²) in [6.45, 7) is -0.371. The highest BCUT2D eigenvalue weighted by Crippen LogP contribution is 2.26. The third kappa shape index (κ3) is 5.65. The third-order valence-corrected chi connectivity index (χ3v) is 3.81. The first kappa shape index (κ1) is 20.6. The van der Waals surface area contributed by atoms with Gasteiger partial charge in [0.25, 0.3) is 17.5 Å². The smallest absolute Gasteiger partial charge is 0.271 e. The molecule has 0 unspecified atom stereocenters. The number of nitrogens with two attached hydrogens (primary N) is 1. The second-order valence-electron chi connectivity index (χ2n) is 5.37. The minimum Gasteiger partial charge on any atom is -0.483 e. The molecular weight excluding hydrogens is 432 g/mol. The number of anilines is 1. The lowest BCUT2D eigenvalue weighted by Crippen LogP contribution is -2.20. The summed E-state index contributed by atoms with van der Waals surface area (Å²) >= 11 is 3.28. The van der Waals surface area contributed by atoms with Crippen LogP contribution in [0.1, 0.15) is 5.56 Å². The normalized spacial score (nSPS) is 10.6. The number of benzene rings is 2. The van der Waals surface area contributed by atoms with Gasteiger partial charge in [-0.25, -0.2) is 0 Å². The van der Waals surface area contributed by atoms with Crippen molar-refractivity contribution in [1.82, 2.24) is 0 Å². The Hall–Kier alpha value is -3.71. The number of hydrogen-bond donors (Lipinski definition) is 2. The average Bonchev–Trinajstić information content (AvgIpc) is 2.65. The number of carbonyl (C=O) groups excluding carboxylic acids is 2. The van der Waals surface area contributed by atoms with E-state index < -0.39 is 16.7 Å². The van der Waals surface area contributed by atoms with E-state index in [2.05, 4.69) is 21.2 Å². The van der Waals surface area contributed by atoms with Crippen LogP contribution >= 0.6 is 15.9 Å². The number of nitrogens with one attached hydrogen (secondary N) is 1. The predicted octanol–water partition coefficient (Wildman–Crippen LogP) is 2.77. The van der Waals surface area contributed by atoms with Crippen LogP contribution in [0.3, 0.4) is 0 Å². The number of non-ortho nitro benzene ring substituents is 1. The summed E-state index contributed by atoms with van der Waals surface area (Å²) in [6.07, 6.45) is 1.27. The number of carbonyl (C=O) groups is 2. The quantitative estimate of drug-likeness (QED) is 0.290. The monoisotopic (exact) mass is 444 g/mol. The van der Waals surface area contributed by atoms with E-state index in [4.69, 9.17) is 10.5 Å². The van der Waals surface area contributed by atoms with Crippen LogP contribution in [-0.4, -0.2) is 23.3 Å². The van der Waals surface area contributed by atoms with Gasteiger partial charge in [-0.2, -0.15) is 5.26 Å². The second-order valence-corrected chi connectivity index (χ2v) is 6.28. The van der Waals surface area contributed by atoms with Crippen molar-refractivity contribution in [3.8, 4) is 11.8 Å². The van der Waals surface area contributed by atoms with Crippen molar-refractivity contribution in [3.05, 3.63) is 68.2 Å². The number of nitrogens with zero attached hydrogens (tertiary/aromatic N) is 2. The van der Waals surface area contributed by atoms with Gasteiger partial charge in [0.05, 0.1) is 4.92 Å². The van der Waals surface area contributed by atoms with Crippen molar-refractivity contribution in [1.29, 1.82) is 5.26 Å². The molecule has 0 aliphatic heterocycles. The number of nitriles is 1. The highest BCUT2D eigenvalue weighted by molar-refractivity contribution is 9.10. The zero-order valence-electron chi connectivity index (χ0n) is 14.2. The summed E-state index contributed by atoms with van der Waals surface area (Å²) in [5, 5.41) is 22.6. The zero-order valence-corrected chi connectivity index (χ0v) is 15.8. The van der Waals surface area contributed by atoms with Gasteiger partial charge in [0.15, 0.2) is 6.61 Å². The molecule has 0 heterocycles. The molecule has 0 aliphatic rings. The highest BCUT2D eigenvalue weighted by atomic mass is 79.9. The van der Waals surface area contributed by atoms with Gasteiger partial charge in [0.1, 0.15) is 17.4 Å². The Labute approximate surface area is 167 Å². The number of primary amides is 1. The molecule has 3 N–H and O–H groups in total. The Balaban J connectivity index is 2.30. The van der Waals surface area contributed by atoms with Crippen LogP contribution in [0.25, 0.3) is 6.08 Å². The molecule has 0 spiro atoms. The largest absolute Gasteiger partial charge is 0.483 e. The van der Waals surface area contributed by atoms with Gasteiger partial charge in [0.2, 0.25) is 0 Å². The Bertz CT molecular complexity index is 1010. The van der Waals surface area contributed by atoms with Gasteiger partial charge in [-0.1, -0.05) is 22.0 Å². The molecule has 0 aliphatic carbocycles. The lowest BCUT2D eigenvalue weighted by Gasteiger charge is -2.09. The van der Waals surface area contributed by atoms with Crippen molar-refractivity contribution in [2.24, 2.45) is 5.73 Å². The molecule has 0 radical (unpaired) electrons. The fraction of sp³-hybridized carbons (Fsp3) is 0.0556. The number of ether oxygens (including phenoxy) is 1. The third-order valence-electron chi connectivity index (χ3n) is 3.32. The number of halogens is 1. The molecule has 9 nitrogen and oxygen atoms in total. The summed E-state index contributed by atoms with van der Waals surface area (Å²) < 4.78 is 5.94. The number of nitro benzene ring substituents is 1. The van der Waals surface area contributed by atoms with Crippen LogP contribution in [0, 0.1) is 21.4 Å². The second kappa shape index (κ2) is 9.29. The molecule has 0 saturated carbocycles. The van der Waals surface area contributed by atoms with Crippen molar-refractivity contribution in [2.75, 3.05) is 11.9 Å². The summed E-state index contributed by atoms with van der Waals surface area (Å²) in [6, 6.07) is 11.9. The summed E-state index contributed by atoms with van der Waals surface area (Å²) in [4.78, 5) is 33.5. The maximum Gasteiger partial charge on any atom is 0.271 e.